The molecule has 184 valence electrons. The molecule has 1 aliphatic heterocycles. The van der Waals surface area contributed by atoms with E-state index in [1.165, 1.54) is 0 Å². The summed E-state index contributed by atoms with van der Waals surface area (Å²) in [7, 11) is 1.71. The Balaban J connectivity index is 1.58. The lowest BCUT2D eigenvalue weighted by Crippen LogP contribution is -2.50. The van der Waals surface area contributed by atoms with Crippen LogP contribution in [0.1, 0.15) is 42.6 Å². The second-order valence-corrected chi connectivity index (χ2v) is 9.42. The molecular weight excluding hydrogens is 444 g/mol. The largest absolute Gasteiger partial charge is 0.472 e. The maximum absolute atomic E-state index is 13.5. The molecule has 0 radical (unpaired) electrons. The number of pyridine rings is 1. The molecule has 1 aromatic carbocycles. The number of aliphatic hydroxyl groups is 1. The molecule has 2 heterocycles. The smallest absolute Gasteiger partial charge is 0.321 e. The first kappa shape index (κ1) is 24.6. The third-order valence-corrected chi connectivity index (χ3v) is 6.34. The van der Waals surface area contributed by atoms with E-state index in [-0.39, 0.29) is 36.4 Å². The number of carbonyl (C=O) groups is 2. The van der Waals surface area contributed by atoms with Crippen LogP contribution in [-0.4, -0.2) is 70.7 Å². The topological polar surface area (TPSA) is 95.0 Å². The third kappa shape index (κ3) is 6.11. The second kappa shape index (κ2) is 10.8. The number of carbonyl (C=O) groups excluding carboxylic acids is 2. The van der Waals surface area contributed by atoms with Gasteiger partial charge in [0.1, 0.15) is 11.7 Å². The molecule has 3 amide bonds. The molecule has 1 aliphatic carbocycles. The van der Waals surface area contributed by atoms with Gasteiger partial charge < -0.3 is 25.0 Å². The van der Waals surface area contributed by atoms with Crippen LogP contribution < -0.4 is 10.1 Å². The van der Waals surface area contributed by atoms with Gasteiger partial charge in [0, 0.05) is 42.9 Å². The minimum Gasteiger partial charge on any atom is -0.472 e. The Labute approximate surface area is 206 Å². The van der Waals surface area contributed by atoms with E-state index in [0.29, 0.717) is 35.8 Å². The van der Waals surface area contributed by atoms with Gasteiger partial charge in [0.25, 0.3) is 5.91 Å². The van der Waals surface area contributed by atoms with Crippen molar-refractivity contribution in [3.05, 3.63) is 53.7 Å². The van der Waals surface area contributed by atoms with Gasteiger partial charge in [-0.15, -0.1) is 0 Å². The lowest BCUT2D eigenvalue weighted by molar-refractivity contribution is 0.0356. The van der Waals surface area contributed by atoms with Crippen LogP contribution >= 0.6 is 0 Å². The molecule has 2 aliphatic rings. The summed E-state index contributed by atoms with van der Waals surface area (Å²) in [5.74, 6) is 6.59. The summed E-state index contributed by atoms with van der Waals surface area (Å²) in [6.45, 7) is 4.29. The number of hydrogen-bond acceptors (Lipinski definition) is 5. The SMILES string of the molecule is C[C@@H]1CN([C@@H](C)CO)C(=O)c2cc(C#CC3CC3)cnc2O[C@H]1CN(C)C(=O)Nc1ccccc1. The summed E-state index contributed by atoms with van der Waals surface area (Å²) in [6.07, 6.45) is 3.43. The molecule has 1 aromatic heterocycles. The highest BCUT2D eigenvalue weighted by atomic mass is 16.5. The molecule has 1 saturated carbocycles. The summed E-state index contributed by atoms with van der Waals surface area (Å²) in [5.41, 5.74) is 1.69. The van der Waals surface area contributed by atoms with Gasteiger partial charge in [0.2, 0.25) is 5.88 Å². The predicted molar refractivity (Wildman–Crippen MR) is 133 cm³/mol. The van der Waals surface area contributed by atoms with Gasteiger partial charge in [-0.3, -0.25) is 4.79 Å². The number of hydrogen-bond donors (Lipinski definition) is 2. The first-order valence-corrected chi connectivity index (χ1v) is 12.0. The molecule has 35 heavy (non-hydrogen) atoms. The molecule has 0 unspecified atom stereocenters. The van der Waals surface area contributed by atoms with Gasteiger partial charge in [-0.05, 0) is 38.0 Å². The Morgan fingerprint density at radius 3 is 2.77 bits per heavy atom. The number of benzene rings is 1. The van der Waals surface area contributed by atoms with Crippen LogP contribution in [0.4, 0.5) is 10.5 Å². The van der Waals surface area contributed by atoms with Gasteiger partial charge in [-0.2, -0.15) is 0 Å². The minimum atomic E-state index is -0.419. The molecule has 0 saturated heterocycles. The van der Waals surface area contributed by atoms with E-state index < -0.39 is 6.10 Å². The Hall–Kier alpha value is -3.57. The number of fused-ring (bicyclic) bond motifs is 1. The summed E-state index contributed by atoms with van der Waals surface area (Å²) in [5, 5.41) is 12.7. The van der Waals surface area contributed by atoms with Crippen LogP contribution in [0, 0.1) is 23.7 Å². The van der Waals surface area contributed by atoms with Crippen LogP contribution in [0.5, 0.6) is 5.88 Å². The Morgan fingerprint density at radius 2 is 2.09 bits per heavy atom. The number of nitrogens with zero attached hydrogens (tertiary/aromatic N) is 3. The molecular formula is C27H32N4O4. The fourth-order valence-corrected chi connectivity index (χ4v) is 3.89. The lowest BCUT2D eigenvalue weighted by Gasteiger charge is -2.37. The first-order chi connectivity index (χ1) is 16.9. The van der Waals surface area contributed by atoms with Crippen molar-refractivity contribution in [3.8, 4) is 17.7 Å². The number of aromatic nitrogens is 1. The highest BCUT2D eigenvalue weighted by Gasteiger charge is 2.34. The van der Waals surface area contributed by atoms with Crippen LogP contribution in [0.15, 0.2) is 42.6 Å². The van der Waals surface area contributed by atoms with Crippen molar-refractivity contribution in [2.24, 2.45) is 11.8 Å². The molecule has 3 atom stereocenters. The van der Waals surface area contributed by atoms with Crippen LogP contribution in [0.2, 0.25) is 0 Å². The van der Waals surface area contributed by atoms with E-state index in [2.05, 4.69) is 22.1 Å². The van der Waals surface area contributed by atoms with Gasteiger partial charge in [-0.25, -0.2) is 9.78 Å². The number of anilines is 1. The second-order valence-electron chi connectivity index (χ2n) is 9.42. The molecule has 0 bridgehead atoms. The highest BCUT2D eigenvalue weighted by molar-refractivity contribution is 5.97. The number of aliphatic hydroxyl groups excluding tert-OH is 1. The zero-order chi connectivity index (χ0) is 24.9. The zero-order valence-corrected chi connectivity index (χ0v) is 20.4. The standard InChI is InChI=1S/C27H32N4O4/c1-18-15-31(19(2)17-32)26(33)23-13-21(12-11-20-9-10-20)14-28-25(23)35-24(18)16-30(3)27(34)29-22-7-5-4-6-8-22/h4-8,13-14,18-20,24,32H,9-10,15-17H2,1-3H3,(H,29,34)/t18-,19+,24+/m1/s1. The van der Waals surface area contributed by atoms with Gasteiger partial charge in [0.15, 0.2) is 0 Å². The van der Waals surface area contributed by atoms with E-state index in [1.807, 2.05) is 44.2 Å². The zero-order valence-electron chi connectivity index (χ0n) is 20.4. The van der Waals surface area contributed by atoms with Crippen molar-refractivity contribution >= 4 is 17.6 Å². The lowest BCUT2D eigenvalue weighted by atomic mass is 10.00. The normalized spacial score (nSPS) is 20.3. The summed E-state index contributed by atoms with van der Waals surface area (Å²) >= 11 is 0. The number of nitrogens with one attached hydrogen (secondary N) is 1. The van der Waals surface area contributed by atoms with Gasteiger partial charge >= 0.3 is 6.03 Å². The number of likely N-dealkylation sites (N-methyl/N-ethyl adjacent to an activating group) is 1. The van der Waals surface area contributed by atoms with E-state index in [0.717, 1.165) is 12.8 Å². The molecule has 1 fully saturated rings. The van der Waals surface area contributed by atoms with Crippen molar-refractivity contribution in [2.45, 2.75) is 38.8 Å². The quantitative estimate of drug-likeness (QED) is 0.646. The third-order valence-electron chi connectivity index (χ3n) is 6.34. The Morgan fingerprint density at radius 1 is 1.34 bits per heavy atom. The summed E-state index contributed by atoms with van der Waals surface area (Å²) in [6, 6.07) is 10.3. The van der Waals surface area contributed by atoms with Gasteiger partial charge in [-0.1, -0.05) is 37.0 Å². The summed E-state index contributed by atoms with van der Waals surface area (Å²) < 4.78 is 6.25. The Bertz CT molecular complexity index is 1120. The van der Waals surface area contributed by atoms with E-state index >= 15 is 0 Å². The van der Waals surface area contributed by atoms with E-state index in [9.17, 15) is 14.7 Å². The first-order valence-electron chi connectivity index (χ1n) is 12.0. The number of ether oxygens (including phenoxy) is 1. The number of amides is 3. The van der Waals surface area contributed by atoms with Crippen LogP contribution in [0.25, 0.3) is 0 Å². The number of para-hydroxylation sites is 1. The average molecular weight is 477 g/mol. The van der Waals surface area contributed by atoms with Crippen molar-refractivity contribution in [2.75, 3.05) is 32.1 Å². The van der Waals surface area contributed by atoms with Crippen LogP contribution in [0.3, 0.4) is 0 Å². The van der Waals surface area contributed by atoms with Crippen molar-refractivity contribution < 1.29 is 19.4 Å². The van der Waals surface area contributed by atoms with Gasteiger partial charge in [0.05, 0.1) is 19.2 Å². The van der Waals surface area contributed by atoms with Crippen molar-refractivity contribution in [1.29, 1.82) is 0 Å². The molecule has 8 nitrogen and oxygen atoms in total. The van der Waals surface area contributed by atoms with Crippen molar-refractivity contribution in [3.63, 3.8) is 0 Å². The predicted octanol–water partition coefficient (Wildman–Crippen LogP) is 3.23. The maximum atomic E-state index is 13.5. The van der Waals surface area contributed by atoms with Crippen LogP contribution in [-0.2, 0) is 0 Å². The fraction of sp³-hybridized carbons (Fsp3) is 0.444. The Kier molecular flexibility index (Phi) is 7.57. The summed E-state index contributed by atoms with van der Waals surface area (Å²) in [4.78, 5) is 33.9. The molecule has 2 N–H and O–H groups in total. The minimum absolute atomic E-state index is 0.121. The molecule has 4 rings (SSSR count). The maximum Gasteiger partial charge on any atom is 0.321 e. The number of rotatable bonds is 5. The van der Waals surface area contributed by atoms with Crippen molar-refractivity contribution in [1.82, 2.24) is 14.8 Å². The number of urea groups is 1. The van der Waals surface area contributed by atoms with E-state index in [1.54, 1.807) is 29.1 Å². The highest BCUT2D eigenvalue weighted by Crippen LogP contribution is 2.29. The average Bonchev–Trinajstić information content (AvgIpc) is 3.69. The molecule has 8 heteroatoms. The fourth-order valence-electron chi connectivity index (χ4n) is 3.89. The molecule has 0 spiro atoms. The molecule has 2 aromatic rings. The van der Waals surface area contributed by atoms with E-state index in [4.69, 9.17) is 4.74 Å². The monoisotopic (exact) mass is 476 g/mol.